The van der Waals surface area contributed by atoms with Crippen LogP contribution in [0.2, 0.25) is 0 Å². The lowest BCUT2D eigenvalue weighted by atomic mass is 10.3. The summed E-state index contributed by atoms with van der Waals surface area (Å²) in [5.41, 5.74) is 1.04. The monoisotopic (exact) mass is 162 g/mol. The fourth-order valence-corrected chi connectivity index (χ4v) is 1.21. The molecule has 0 aliphatic rings. The molecule has 0 spiro atoms. The van der Waals surface area contributed by atoms with E-state index in [1.807, 2.05) is 10.9 Å². The summed E-state index contributed by atoms with van der Waals surface area (Å²) in [7, 11) is 0. The molecule has 0 aromatic carbocycles. The van der Waals surface area contributed by atoms with Gasteiger partial charge in [-0.1, -0.05) is 0 Å². The Morgan fingerprint density at radius 3 is 2.67 bits per heavy atom. The van der Waals surface area contributed by atoms with Gasteiger partial charge >= 0.3 is 0 Å². The van der Waals surface area contributed by atoms with E-state index >= 15 is 0 Å². The maximum atomic E-state index is 4.23. The second-order valence-corrected chi connectivity index (χ2v) is 3.01. The maximum Gasteiger partial charge on any atom is 0.0903 e. The first-order valence-corrected chi connectivity index (χ1v) is 3.93. The molecule has 0 aliphatic heterocycles. The van der Waals surface area contributed by atoms with E-state index in [1.54, 1.807) is 12.4 Å². The second-order valence-electron chi connectivity index (χ2n) is 3.01. The highest BCUT2D eigenvalue weighted by Crippen LogP contribution is 2.14. The smallest absolute Gasteiger partial charge is 0.0903 e. The van der Waals surface area contributed by atoms with E-state index in [-0.39, 0.29) is 0 Å². The van der Waals surface area contributed by atoms with E-state index < -0.39 is 0 Å². The Labute approximate surface area is 70.2 Å². The first kappa shape index (κ1) is 7.21. The van der Waals surface area contributed by atoms with E-state index in [4.69, 9.17) is 0 Å². The normalized spacial score (nSPS) is 11.2. The zero-order chi connectivity index (χ0) is 8.55. The van der Waals surface area contributed by atoms with Crippen LogP contribution in [0.5, 0.6) is 0 Å². The minimum atomic E-state index is 0.367. The van der Waals surface area contributed by atoms with Gasteiger partial charge in [-0.2, -0.15) is 15.3 Å². The van der Waals surface area contributed by atoms with Gasteiger partial charge in [-0.3, -0.25) is 4.68 Å². The molecular weight excluding hydrogens is 152 g/mol. The quantitative estimate of drug-likeness (QED) is 0.636. The van der Waals surface area contributed by atoms with Crippen LogP contribution in [0.1, 0.15) is 19.9 Å². The lowest BCUT2D eigenvalue weighted by Gasteiger charge is -2.05. The molecule has 0 radical (unpaired) electrons. The standard InChI is InChI=1S/C8H10N4/c1-6(2)12-8-5-10-9-3-7(8)4-11-12/h3-6H,1-2H3. The van der Waals surface area contributed by atoms with Crippen molar-refractivity contribution in [2.75, 3.05) is 0 Å². The highest BCUT2D eigenvalue weighted by atomic mass is 15.3. The van der Waals surface area contributed by atoms with Crippen molar-refractivity contribution < 1.29 is 0 Å². The third kappa shape index (κ3) is 0.958. The summed E-state index contributed by atoms with van der Waals surface area (Å²) >= 11 is 0. The molecule has 0 N–H and O–H groups in total. The summed E-state index contributed by atoms with van der Waals surface area (Å²) in [6.45, 7) is 4.18. The first-order chi connectivity index (χ1) is 5.79. The Hall–Kier alpha value is -1.45. The average molecular weight is 162 g/mol. The van der Waals surface area contributed by atoms with Crippen molar-refractivity contribution in [1.82, 2.24) is 20.0 Å². The first-order valence-electron chi connectivity index (χ1n) is 3.93. The van der Waals surface area contributed by atoms with Crippen molar-refractivity contribution in [1.29, 1.82) is 0 Å². The third-order valence-corrected chi connectivity index (χ3v) is 1.80. The van der Waals surface area contributed by atoms with Crippen LogP contribution in [0.4, 0.5) is 0 Å². The van der Waals surface area contributed by atoms with Crippen LogP contribution in [0.15, 0.2) is 18.6 Å². The Balaban J connectivity index is 2.70. The minimum Gasteiger partial charge on any atom is -0.261 e. The van der Waals surface area contributed by atoms with Crippen LogP contribution in [-0.2, 0) is 0 Å². The minimum absolute atomic E-state index is 0.367. The molecule has 0 fully saturated rings. The topological polar surface area (TPSA) is 43.6 Å². The van der Waals surface area contributed by atoms with Crippen molar-refractivity contribution in [3.63, 3.8) is 0 Å². The van der Waals surface area contributed by atoms with Gasteiger partial charge in [-0.25, -0.2) is 0 Å². The number of hydrogen-bond donors (Lipinski definition) is 0. The predicted octanol–water partition coefficient (Wildman–Crippen LogP) is 1.41. The lowest BCUT2D eigenvalue weighted by molar-refractivity contribution is 0.550. The molecule has 2 aromatic rings. The zero-order valence-corrected chi connectivity index (χ0v) is 7.10. The second kappa shape index (κ2) is 2.55. The third-order valence-electron chi connectivity index (χ3n) is 1.80. The fourth-order valence-electron chi connectivity index (χ4n) is 1.21. The maximum absolute atomic E-state index is 4.23. The molecule has 4 heteroatoms. The van der Waals surface area contributed by atoms with Crippen LogP contribution in [-0.4, -0.2) is 20.0 Å². The number of hydrogen-bond acceptors (Lipinski definition) is 3. The molecule has 0 bridgehead atoms. The summed E-state index contributed by atoms with van der Waals surface area (Å²) in [5.74, 6) is 0. The summed E-state index contributed by atoms with van der Waals surface area (Å²) in [5, 5.41) is 12.9. The van der Waals surface area contributed by atoms with Gasteiger partial charge in [0.2, 0.25) is 0 Å². The fraction of sp³-hybridized carbons (Fsp3) is 0.375. The van der Waals surface area contributed by atoms with Gasteiger partial charge in [0.05, 0.1) is 24.1 Å². The summed E-state index contributed by atoms with van der Waals surface area (Å²) in [4.78, 5) is 0. The number of aromatic nitrogens is 4. The van der Waals surface area contributed by atoms with Crippen LogP contribution >= 0.6 is 0 Å². The van der Waals surface area contributed by atoms with Crippen LogP contribution in [0, 0.1) is 0 Å². The largest absolute Gasteiger partial charge is 0.261 e. The molecule has 2 rings (SSSR count). The van der Waals surface area contributed by atoms with Gasteiger partial charge in [-0.05, 0) is 13.8 Å². The zero-order valence-electron chi connectivity index (χ0n) is 7.10. The van der Waals surface area contributed by atoms with Crippen molar-refractivity contribution in [3.05, 3.63) is 18.6 Å². The van der Waals surface area contributed by atoms with Gasteiger partial charge in [-0.15, -0.1) is 0 Å². The molecule has 0 saturated heterocycles. The molecule has 0 unspecified atom stereocenters. The SMILES string of the molecule is CC(C)n1ncc2cnncc21. The Morgan fingerprint density at radius 2 is 1.92 bits per heavy atom. The summed E-state index contributed by atoms with van der Waals surface area (Å²) in [6.07, 6.45) is 5.27. The van der Waals surface area contributed by atoms with E-state index in [9.17, 15) is 0 Å². The van der Waals surface area contributed by atoms with E-state index in [1.165, 1.54) is 0 Å². The van der Waals surface area contributed by atoms with Crippen LogP contribution in [0.25, 0.3) is 10.9 Å². The molecular formula is C8H10N4. The summed E-state index contributed by atoms with van der Waals surface area (Å²) in [6, 6.07) is 0.367. The number of rotatable bonds is 1. The van der Waals surface area contributed by atoms with Gasteiger partial charge in [0, 0.05) is 11.4 Å². The van der Waals surface area contributed by atoms with Gasteiger partial charge < -0.3 is 0 Å². The Morgan fingerprint density at radius 1 is 1.17 bits per heavy atom. The molecule has 2 heterocycles. The molecule has 0 amide bonds. The van der Waals surface area contributed by atoms with Gasteiger partial charge in [0.25, 0.3) is 0 Å². The highest BCUT2D eigenvalue weighted by molar-refractivity contribution is 5.76. The number of fused-ring (bicyclic) bond motifs is 1. The van der Waals surface area contributed by atoms with E-state index in [0.29, 0.717) is 6.04 Å². The molecule has 4 nitrogen and oxygen atoms in total. The van der Waals surface area contributed by atoms with Crippen molar-refractivity contribution in [2.24, 2.45) is 0 Å². The molecule has 62 valence electrons. The Bertz CT molecular complexity index is 391. The molecule has 0 atom stereocenters. The van der Waals surface area contributed by atoms with Crippen molar-refractivity contribution >= 4 is 10.9 Å². The van der Waals surface area contributed by atoms with Crippen LogP contribution in [0.3, 0.4) is 0 Å². The van der Waals surface area contributed by atoms with E-state index in [0.717, 1.165) is 10.9 Å². The molecule has 12 heavy (non-hydrogen) atoms. The molecule has 2 aromatic heterocycles. The average Bonchev–Trinajstić information content (AvgIpc) is 2.47. The van der Waals surface area contributed by atoms with Crippen molar-refractivity contribution in [3.8, 4) is 0 Å². The lowest BCUT2D eigenvalue weighted by Crippen LogP contribution is -2.02. The molecule has 0 aliphatic carbocycles. The Kier molecular flexibility index (Phi) is 1.53. The number of nitrogens with zero attached hydrogens (tertiary/aromatic N) is 4. The highest BCUT2D eigenvalue weighted by Gasteiger charge is 2.04. The van der Waals surface area contributed by atoms with Gasteiger partial charge in [0.1, 0.15) is 0 Å². The van der Waals surface area contributed by atoms with Crippen molar-refractivity contribution in [2.45, 2.75) is 19.9 Å². The van der Waals surface area contributed by atoms with E-state index in [2.05, 4.69) is 29.1 Å². The summed E-state index contributed by atoms with van der Waals surface area (Å²) < 4.78 is 1.93. The van der Waals surface area contributed by atoms with Gasteiger partial charge in [0.15, 0.2) is 0 Å². The predicted molar refractivity (Wildman–Crippen MR) is 45.7 cm³/mol. The molecule has 0 saturated carbocycles. The van der Waals surface area contributed by atoms with Crippen LogP contribution < -0.4 is 0 Å².